The molecule has 3 fully saturated rings. The lowest BCUT2D eigenvalue weighted by Gasteiger charge is -2.46. The van der Waals surface area contributed by atoms with Crippen LogP contribution in [0.15, 0.2) is 48.8 Å². The van der Waals surface area contributed by atoms with E-state index >= 15 is 0 Å². The van der Waals surface area contributed by atoms with Gasteiger partial charge in [-0.2, -0.15) is 0 Å². The standard InChI is InChI=1S/C24H27ClN4O2/c25-20-5-3-19(4-6-20)21(30)29-12-8-23(9-13-29)16-28(15-18-2-1-10-26-14-18)17-24(23)7-11-27-22(24)31/h1-6,10,14H,7-9,11-13,15-17H2,(H,27,31). The summed E-state index contributed by atoms with van der Waals surface area (Å²) in [5, 5.41) is 3.73. The molecule has 2 spiro atoms. The molecule has 1 N–H and O–H groups in total. The fraction of sp³-hybridized carbons (Fsp3) is 0.458. The topological polar surface area (TPSA) is 65.5 Å². The Bertz CT molecular complexity index is 973. The van der Waals surface area contributed by atoms with Gasteiger partial charge in [0, 0.05) is 67.7 Å². The maximum absolute atomic E-state index is 13.1. The third kappa shape index (κ3) is 3.52. The highest BCUT2D eigenvalue weighted by molar-refractivity contribution is 6.30. The van der Waals surface area contributed by atoms with E-state index in [1.54, 1.807) is 30.5 Å². The van der Waals surface area contributed by atoms with E-state index in [2.05, 4.69) is 21.3 Å². The number of amides is 2. The quantitative estimate of drug-likeness (QED) is 0.800. The van der Waals surface area contributed by atoms with E-state index in [4.69, 9.17) is 11.6 Å². The van der Waals surface area contributed by atoms with Gasteiger partial charge in [-0.15, -0.1) is 0 Å². The molecule has 1 atom stereocenters. The highest BCUT2D eigenvalue weighted by Crippen LogP contribution is 2.56. The number of hydrogen-bond donors (Lipinski definition) is 1. The Hall–Kier alpha value is -2.44. The fourth-order valence-corrected chi connectivity index (χ4v) is 6.05. The molecule has 31 heavy (non-hydrogen) atoms. The van der Waals surface area contributed by atoms with Gasteiger partial charge >= 0.3 is 0 Å². The van der Waals surface area contributed by atoms with Crippen LogP contribution in [0.3, 0.4) is 0 Å². The van der Waals surface area contributed by atoms with Crippen molar-refractivity contribution in [3.8, 4) is 0 Å². The number of piperidine rings is 1. The zero-order valence-electron chi connectivity index (χ0n) is 17.5. The molecule has 4 heterocycles. The number of likely N-dealkylation sites (tertiary alicyclic amines) is 2. The van der Waals surface area contributed by atoms with E-state index in [1.165, 1.54) is 5.56 Å². The highest BCUT2D eigenvalue weighted by Gasteiger charge is 2.63. The van der Waals surface area contributed by atoms with Crippen molar-refractivity contribution in [3.63, 3.8) is 0 Å². The Labute approximate surface area is 187 Å². The average molecular weight is 439 g/mol. The van der Waals surface area contributed by atoms with E-state index in [9.17, 15) is 9.59 Å². The first kappa shape index (κ1) is 20.5. The van der Waals surface area contributed by atoms with Gasteiger partial charge in [0.25, 0.3) is 5.91 Å². The van der Waals surface area contributed by atoms with Crippen LogP contribution in [0.1, 0.15) is 35.2 Å². The van der Waals surface area contributed by atoms with E-state index in [-0.39, 0.29) is 22.6 Å². The molecular formula is C24H27ClN4O2. The summed E-state index contributed by atoms with van der Waals surface area (Å²) in [6.07, 6.45) is 6.27. The summed E-state index contributed by atoms with van der Waals surface area (Å²) in [6.45, 7) is 4.57. The molecule has 6 nitrogen and oxygen atoms in total. The van der Waals surface area contributed by atoms with E-state index < -0.39 is 0 Å². The van der Waals surface area contributed by atoms with Crippen molar-refractivity contribution in [2.75, 3.05) is 32.7 Å². The van der Waals surface area contributed by atoms with Gasteiger partial charge in [0.1, 0.15) is 0 Å². The second-order valence-electron chi connectivity index (χ2n) is 9.17. The van der Waals surface area contributed by atoms with Crippen molar-refractivity contribution in [3.05, 3.63) is 64.9 Å². The molecule has 0 radical (unpaired) electrons. The molecule has 1 aromatic heterocycles. The Kier molecular flexibility index (Phi) is 5.22. The molecule has 1 unspecified atom stereocenters. The van der Waals surface area contributed by atoms with Crippen molar-refractivity contribution in [1.82, 2.24) is 20.1 Å². The summed E-state index contributed by atoms with van der Waals surface area (Å²) in [5.41, 5.74) is 1.39. The molecule has 162 valence electrons. The zero-order valence-corrected chi connectivity index (χ0v) is 18.3. The maximum atomic E-state index is 13.1. The Morgan fingerprint density at radius 3 is 2.52 bits per heavy atom. The van der Waals surface area contributed by atoms with Crippen molar-refractivity contribution in [2.45, 2.75) is 25.8 Å². The molecule has 0 aliphatic carbocycles. The second-order valence-corrected chi connectivity index (χ2v) is 9.61. The average Bonchev–Trinajstić information content (AvgIpc) is 3.30. The van der Waals surface area contributed by atoms with Crippen molar-refractivity contribution in [1.29, 1.82) is 0 Å². The summed E-state index contributed by atoms with van der Waals surface area (Å²) in [4.78, 5) is 34.7. The predicted molar refractivity (Wildman–Crippen MR) is 119 cm³/mol. The van der Waals surface area contributed by atoms with Crippen LogP contribution in [-0.4, -0.2) is 59.3 Å². The monoisotopic (exact) mass is 438 g/mol. The summed E-state index contributed by atoms with van der Waals surface area (Å²) in [5.74, 6) is 0.236. The summed E-state index contributed by atoms with van der Waals surface area (Å²) >= 11 is 5.97. The van der Waals surface area contributed by atoms with Gasteiger partial charge in [-0.25, -0.2) is 0 Å². The molecule has 3 saturated heterocycles. The van der Waals surface area contributed by atoms with Gasteiger partial charge in [0.05, 0.1) is 5.41 Å². The van der Waals surface area contributed by atoms with Crippen molar-refractivity contribution >= 4 is 23.4 Å². The number of fused-ring (bicyclic) bond motifs is 1. The van der Waals surface area contributed by atoms with Gasteiger partial charge in [0.2, 0.25) is 5.91 Å². The SMILES string of the molecule is O=C(c1ccc(Cl)cc1)N1CCC2(CC1)CN(Cc1cccnc1)CC21CCNC1=O. The molecular weight excluding hydrogens is 412 g/mol. The molecule has 1 aromatic carbocycles. The first-order valence-corrected chi connectivity index (χ1v) is 11.3. The van der Waals surface area contributed by atoms with Gasteiger partial charge in [-0.1, -0.05) is 17.7 Å². The van der Waals surface area contributed by atoms with Crippen LogP contribution < -0.4 is 5.32 Å². The van der Waals surface area contributed by atoms with Crippen LogP contribution in [0.2, 0.25) is 5.02 Å². The molecule has 0 bridgehead atoms. The Morgan fingerprint density at radius 2 is 1.87 bits per heavy atom. The van der Waals surface area contributed by atoms with Gasteiger partial charge in [0.15, 0.2) is 0 Å². The zero-order chi connectivity index (χ0) is 21.5. The molecule has 7 heteroatoms. The smallest absolute Gasteiger partial charge is 0.253 e. The first-order chi connectivity index (χ1) is 15.0. The van der Waals surface area contributed by atoms with Gasteiger partial charge < -0.3 is 10.2 Å². The fourth-order valence-electron chi connectivity index (χ4n) is 5.92. The molecule has 3 aliphatic heterocycles. The molecule has 3 aliphatic rings. The minimum atomic E-state index is -0.357. The number of benzene rings is 1. The van der Waals surface area contributed by atoms with E-state index in [1.807, 2.05) is 17.2 Å². The number of carbonyl (C=O) groups is 2. The van der Waals surface area contributed by atoms with Crippen LogP contribution in [0.25, 0.3) is 0 Å². The lowest BCUT2D eigenvalue weighted by atomic mass is 9.60. The number of rotatable bonds is 3. The van der Waals surface area contributed by atoms with Crippen LogP contribution in [0.5, 0.6) is 0 Å². The van der Waals surface area contributed by atoms with Crippen molar-refractivity contribution < 1.29 is 9.59 Å². The molecule has 2 aromatic rings. The van der Waals surface area contributed by atoms with Gasteiger partial charge in [-0.3, -0.25) is 19.5 Å². The number of nitrogens with zero attached hydrogens (tertiary/aromatic N) is 3. The molecule has 5 rings (SSSR count). The maximum Gasteiger partial charge on any atom is 0.253 e. The van der Waals surface area contributed by atoms with Crippen molar-refractivity contribution in [2.24, 2.45) is 10.8 Å². The lowest BCUT2D eigenvalue weighted by Crippen LogP contribution is -2.53. The number of nitrogens with one attached hydrogen (secondary N) is 1. The summed E-state index contributed by atoms with van der Waals surface area (Å²) in [6, 6.07) is 11.1. The van der Waals surface area contributed by atoms with Gasteiger partial charge in [-0.05, 0) is 55.2 Å². The number of hydrogen-bond acceptors (Lipinski definition) is 4. The minimum Gasteiger partial charge on any atom is -0.356 e. The summed E-state index contributed by atoms with van der Waals surface area (Å²) < 4.78 is 0. The second kappa shape index (κ2) is 7.92. The van der Waals surface area contributed by atoms with Crippen LogP contribution in [0.4, 0.5) is 0 Å². The van der Waals surface area contributed by atoms with E-state index in [0.29, 0.717) is 23.7 Å². The Balaban J connectivity index is 1.34. The summed E-state index contributed by atoms with van der Waals surface area (Å²) in [7, 11) is 0. The lowest BCUT2D eigenvalue weighted by molar-refractivity contribution is -0.133. The number of pyridine rings is 1. The highest BCUT2D eigenvalue weighted by atomic mass is 35.5. The third-order valence-electron chi connectivity index (χ3n) is 7.53. The number of aromatic nitrogens is 1. The minimum absolute atomic E-state index is 0.0432. The van der Waals surface area contributed by atoms with E-state index in [0.717, 1.165) is 45.4 Å². The van der Waals surface area contributed by atoms with Crippen LogP contribution >= 0.6 is 11.6 Å². The largest absolute Gasteiger partial charge is 0.356 e. The Morgan fingerprint density at radius 1 is 1.10 bits per heavy atom. The molecule has 0 saturated carbocycles. The predicted octanol–water partition coefficient (Wildman–Crippen LogP) is 2.98. The molecule has 2 amide bonds. The number of halogens is 1. The van der Waals surface area contributed by atoms with Crippen LogP contribution in [0, 0.1) is 10.8 Å². The third-order valence-corrected chi connectivity index (χ3v) is 7.79. The first-order valence-electron chi connectivity index (χ1n) is 11.0. The van der Waals surface area contributed by atoms with Crippen LogP contribution in [-0.2, 0) is 11.3 Å². The number of carbonyl (C=O) groups excluding carboxylic acids is 2. The normalized spacial score (nSPS) is 25.3.